The van der Waals surface area contributed by atoms with Crippen molar-refractivity contribution in [2.75, 3.05) is 12.8 Å². The minimum atomic E-state index is 0.0241. The summed E-state index contributed by atoms with van der Waals surface area (Å²) in [6.45, 7) is 1.54. The molecule has 19 heavy (non-hydrogen) atoms. The molecule has 0 atom stereocenters. The summed E-state index contributed by atoms with van der Waals surface area (Å²) < 4.78 is 5.28. The molecule has 6 nitrogen and oxygen atoms in total. The van der Waals surface area contributed by atoms with Crippen molar-refractivity contribution in [3.8, 4) is 5.75 Å². The van der Waals surface area contributed by atoms with Crippen LogP contribution in [0.3, 0.4) is 0 Å². The second kappa shape index (κ2) is 5.75. The van der Waals surface area contributed by atoms with Crippen LogP contribution >= 0.6 is 11.8 Å². The predicted octanol–water partition coefficient (Wildman–Crippen LogP) is 1.89. The third-order valence-corrected chi connectivity index (χ3v) is 3.42. The molecular weight excluding hydrogens is 264 g/mol. The van der Waals surface area contributed by atoms with Gasteiger partial charge in [-0.05, 0) is 25.1 Å². The van der Waals surface area contributed by atoms with Crippen LogP contribution in [0.5, 0.6) is 5.75 Å². The van der Waals surface area contributed by atoms with Crippen molar-refractivity contribution in [3.05, 3.63) is 29.3 Å². The van der Waals surface area contributed by atoms with Gasteiger partial charge in [-0.25, -0.2) is 5.10 Å². The average molecular weight is 278 g/mol. The second-order valence-corrected chi connectivity index (χ2v) is 4.82. The van der Waals surface area contributed by atoms with Gasteiger partial charge in [0.05, 0.1) is 7.11 Å². The molecule has 3 N–H and O–H groups in total. The third kappa shape index (κ3) is 3.25. The fourth-order valence-electron chi connectivity index (χ4n) is 1.58. The molecule has 0 aliphatic carbocycles. The van der Waals surface area contributed by atoms with Crippen molar-refractivity contribution in [2.24, 2.45) is 0 Å². The van der Waals surface area contributed by atoms with Gasteiger partial charge in [0.25, 0.3) is 0 Å². The van der Waals surface area contributed by atoms with Crippen molar-refractivity contribution >= 4 is 23.5 Å². The molecule has 7 heteroatoms. The summed E-state index contributed by atoms with van der Waals surface area (Å²) in [4.78, 5) is 15.4. The number of H-pyrrole nitrogens is 1. The quantitative estimate of drug-likeness (QED) is 0.640. The number of ketones is 1. The third-order valence-electron chi connectivity index (χ3n) is 2.53. The van der Waals surface area contributed by atoms with Gasteiger partial charge in [0, 0.05) is 16.9 Å². The molecule has 0 saturated carbocycles. The molecule has 2 aromatic rings. The van der Waals surface area contributed by atoms with Gasteiger partial charge in [-0.1, -0.05) is 11.8 Å². The van der Waals surface area contributed by atoms with E-state index >= 15 is 0 Å². The zero-order valence-corrected chi connectivity index (χ0v) is 11.5. The van der Waals surface area contributed by atoms with Crippen molar-refractivity contribution in [1.82, 2.24) is 15.2 Å². The number of thioether (sulfide) groups is 1. The summed E-state index contributed by atoms with van der Waals surface area (Å²) in [7, 11) is 1.60. The first-order valence-corrected chi connectivity index (χ1v) is 6.57. The van der Waals surface area contributed by atoms with E-state index in [4.69, 9.17) is 10.5 Å². The first-order valence-electron chi connectivity index (χ1n) is 5.58. The standard InChI is InChI=1S/C12H14N4O2S/c1-7(17)8-3-4-10(18-2)9(5-8)6-19-12-14-11(13)15-16-12/h3-5H,6H2,1-2H3,(H3,13,14,15,16). The number of Topliss-reactive ketones (excluding diaryl/α,β-unsaturated/α-hetero) is 1. The van der Waals surface area contributed by atoms with Crippen LogP contribution in [-0.2, 0) is 5.75 Å². The van der Waals surface area contributed by atoms with Crippen LogP contribution in [0.2, 0.25) is 0 Å². The van der Waals surface area contributed by atoms with E-state index in [1.54, 1.807) is 19.2 Å². The maximum atomic E-state index is 11.4. The molecule has 0 fully saturated rings. The second-order valence-electron chi connectivity index (χ2n) is 3.87. The number of carbonyl (C=O) groups excluding carboxylic acids is 1. The van der Waals surface area contributed by atoms with Gasteiger partial charge in [0.2, 0.25) is 11.1 Å². The van der Waals surface area contributed by atoms with Crippen LogP contribution in [0.1, 0.15) is 22.8 Å². The Balaban J connectivity index is 2.17. The molecule has 0 unspecified atom stereocenters. The number of carbonyl (C=O) groups is 1. The Bertz CT molecular complexity index is 597. The Hall–Kier alpha value is -2.02. The fraction of sp³-hybridized carbons (Fsp3) is 0.250. The van der Waals surface area contributed by atoms with Crippen LogP contribution in [0.4, 0.5) is 5.95 Å². The number of rotatable bonds is 5. The van der Waals surface area contributed by atoms with Crippen molar-refractivity contribution in [3.63, 3.8) is 0 Å². The van der Waals surface area contributed by atoms with Crippen LogP contribution in [-0.4, -0.2) is 28.1 Å². The molecule has 2 rings (SSSR count). The summed E-state index contributed by atoms with van der Waals surface area (Å²) in [5.41, 5.74) is 7.03. The smallest absolute Gasteiger partial charge is 0.216 e. The minimum Gasteiger partial charge on any atom is -0.496 e. The Morgan fingerprint density at radius 2 is 2.32 bits per heavy atom. The zero-order valence-electron chi connectivity index (χ0n) is 10.6. The highest BCUT2D eigenvalue weighted by molar-refractivity contribution is 7.98. The van der Waals surface area contributed by atoms with E-state index in [9.17, 15) is 4.79 Å². The molecule has 0 bridgehead atoms. The lowest BCUT2D eigenvalue weighted by molar-refractivity contribution is 0.101. The molecule has 0 amide bonds. The Kier molecular flexibility index (Phi) is 4.06. The van der Waals surface area contributed by atoms with Crippen LogP contribution in [0.25, 0.3) is 0 Å². The first-order chi connectivity index (χ1) is 9.10. The van der Waals surface area contributed by atoms with Crippen molar-refractivity contribution in [2.45, 2.75) is 17.8 Å². The Labute approximate surface area is 114 Å². The summed E-state index contributed by atoms with van der Waals surface area (Å²) in [5, 5.41) is 7.07. The topological polar surface area (TPSA) is 93.9 Å². The lowest BCUT2D eigenvalue weighted by atomic mass is 10.1. The maximum Gasteiger partial charge on any atom is 0.216 e. The number of hydrogen-bond acceptors (Lipinski definition) is 6. The van der Waals surface area contributed by atoms with Crippen molar-refractivity contribution in [1.29, 1.82) is 0 Å². The molecule has 0 saturated heterocycles. The van der Waals surface area contributed by atoms with Gasteiger partial charge in [0.15, 0.2) is 5.78 Å². The van der Waals surface area contributed by atoms with E-state index in [0.717, 1.165) is 11.3 Å². The molecule has 1 aromatic heterocycles. The molecule has 0 aliphatic heterocycles. The summed E-state index contributed by atoms with van der Waals surface area (Å²) in [6.07, 6.45) is 0. The molecule has 1 aromatic carbocycles. The van der Waals surface area contributed by atoms with E-state index in [2.05, 4.69) is 15.2 Å². The summed E-state index contributed by atoms with van der Waals surface area (Å²) in [6, 6.07) is 5.36. The zero-order chi connectivity index (χ0) is 13.8. The molecule has 0 radical (unpaired) electrons. The number of methoxy groups -OCH3 is 1. The highest BCUT2D eigenvalue weighted by Crippen LogP contribution is 2.27. The number of nitrogens with zero attached hydrogens (tertiary/aromatic N) is 2. The number of nitrogen functional groups attached to an aromatic ring is 1. The SMILES string of the molecule is COc1ccc(C(C)=O)cc1CSc1n[nH]c(N)n1. The maximum absolute atomic E-state index is 11.4. The average Bonchev–Trinajstić information content (AvgIpc) is 2.81. The van der Waals surface area contributed by atoms with Gasteiger partial charge >= 0.3 is 0 Å². The summed E-state index contributed by atoms with van der Waals surface area (Å²) >= 11 is 1.42. The molecule has 0 spiro atoms. The van der Waals surface area contributed by atoms with E-state index < -0.39 is 0 Å². The Morgan fingerprint density at radius 3 is 2.89 bits per heavy atom. The highest BCUT2D eigenvalue weighted by Gasteiger charge is 2.09. The fourth-order valence-corrected chi connectivity index (χ4v) is 2.36. The van der Waals surface area contributed by atoms with E-state index in [0.29, 0.717) is 16.5 Å². The number of anilines is 1. The highest BCUT2D eigenvalue weighted by atomic mass is 32.2. The predicted molar refractivity (Wildman–Crippen MR) is 73.4 cm³/mol. The van der Waals surface area contributed by atoms with E-state index in [1.807, 2.05) is 6.07 Å². The van der Waals surface area contributed by atoms with Gasteiger partial charge in [0.1, 0.15) is 5.75 Å². The van der Waals surface area contributed by atoms with Crippen LogP contribution < -0.4 is 10.5 Å². The monoisotopic (exact) mass is 278 g/mol. The molecule has 0 aliphatic rings. The lowest BCUT2D eigenvalue weighted by Gasteiger charge is -2.08. The lowest BCUT2D eigenvalue weighted by Crippen LogP contribution is -1.97. The number of aromatic nitrogens is 3. The first kappa shape index (κ1) is 13.4. The number of hydrogen-bond donors (Lipinski definition) is 2. The number of ether oxygens (including phenoxy) is 1. The van der Waals surface area contributed by atoms with Gasteiger partial charge < -0.3 is 10.5 Å². The van der Waals surface area contributed by atoms with Gasteiger partial charge in [-0.2, -0.15) is 4.98 Å². The molecule has 100 valence electrons. The minimum absolute atomic E-state index is 0.0241. The van der Waals surface area contributed by atoms with Gasteiger partial charge in [-0.15, -0.1) is 5.10 Å². The Morgan fingerprint density at radius 1 is 1.53 bits per heavy atom. The summed E-state index contributed by atoms with van der Waals surface area (Å²) in [5.74, 6) is 1.64. The largest absolute Gasteiger partial charge is 0.496 e. The van der Waals surface area contributed by atoms with E-state index in [1.165, 1.54) is 18.7 Å². The van der Waals surface area contributed by atoms with Crippen LogP contribution in [0, 0.1) is 0 Å². The number of aromatic amines is 1. The van der Waals surface area contributed by atoms with E-state index in [-0.39, 0.29) is 11.7 Å². The number of nitrogens with one attached hydrogen (secondary N) is 1. The van der Waals surface area contributed by atoms with Crippen molar-refractivity contribution < 1.29 is 9.53 Å². The normalized spacial score (nSPS) is 10.4. The van der Waals surface area contributed by atoms with Crippen LogP contribution in [0.15, 0.2) is 23.4 Å². The number of benzene rings is 1. The molecule has 1 heterocycles. The number of nitrogens with two attached hydrogens (primary N) is 1. The molecular formula is C12H14N4O2S. The van der Waals surface area contributed by atoms with Gasteiger partial charge in [-0.3, -0.25) is 4.79 Å².